The van der Waals surface area contributed by atoms with Crippen molar-refractivity contribution in [1.82, 2.24) is 15.0 Å². The lowest BCUT2D eigenvalue weighted by Gasteiger charge is -2.20. The van der Waals surface area contributed by atoms with Gasteiger partial charge >= 0.3 is 0 Å². The predicted molar refractivity (Wildman–Crippen MR) is 171 cm³/mol. The van der Waals surface area contributed by atoms with Gasteiger partial charge in [-0.15, -0.1) is 0 Å². The quantitative estimate of drug-likeness (QED) is 0.0660. The fourth-order valence-corrected chi connectivity index (χ4v) is 7.09. The lowest BCUT2D eigenvalue weighted by atomic mass is 10.2. The summed E-state index contributed by atoms with van der Waals surface area (Å²) in [6.07, 6.45) is 20.5. The first-order chi connectivity index (χ1) is 17.7. The summed E-state index contributed by atoms with van der Waals surface area (Å²) in [5.74, 6) is 5.89. The number of nitrogens with zero attached hydrogens (tertiary/aromatic N) is 4. The summed E-state index contributed by atoms with van der Waals surface area (Å²) in [6, 6.07) is 0. The second kappa shape index (κ2) is 25.3. The molecule has 0 fully saturated rings. The van der Waals surface area contributed by atoms with Crippen LogP contribution in [0.3, 0.4) is 0 Å². The lowest BCUT2D eigenvalue weighted by molar-refractivity contribution is 0.705. The Morgan fingerprint density at radius 2 is 1.06 bits per heavy atom. The van der Waals surface area contributed by atoms with E-state index in [2.05, 4.69) is 36.1 Å². The molecule has 1 aromatic rings. The Labute approximate surface area is 240 Å². The number of hydrogen-bond acceptors (Lipinski definition) is 9. The van der Waals surface area contributed by atoms with E-state index in [1.807, 2.05) is 23.9 Å². The summed E-state index contributed by atoms with van der Waals surface area (Å²) in [7, 11) is 0. The maximum atomic E-state index is 4.93. The third kappa shape index (κ3) is 18.3. The topological polar surface area (TPSA) is 53.9 Å². The molecule has 1 N–H and O–H groups in total. The molecule has 0 unspecified atom stereocenters. The summed E-state index contributed by atoms with van der Waals surface area (Å²) in [6.45, 7) is 9.06. The average molecular weight is 576 g/mol. The number of thioether (sulfide) groups is 1. The molecule has 36 heavy (non-hydrogen) atoms. The number of anilines is 2. The van der Waals surface area contributed by atoms with Gasteiger partial charge in [-0.1, -0.05) is 128 Å². The van der Waals surface area contributed by atoms with Crippen LogP contribution in [-0.2, 0) is 0 Å². The van der Waals surface area contributed by atoms with Gasteiger partial charge in [0, 0.05) is 23.0 Å². The molecule has 0 aromatic carbocycles. The van der Waals surface area contributed by atoms with Gasteiger partial charge in [0.1, 0.15) is 0 Å². The molecule has 0 spiro atoms. The third-order valence-corrected chi connectivity index (χ3v) is 9.80. The van der Waals surface area contributed by atoms with E-state index in [-0.39, 0.29) is 0 Å². The normalized spacial score (nSPS) is 11.2. The van der Waals surface area contributed by atoms with E-state index in [1.54, 1.807) is 23.7 Å². The zero-order chi connectivity index (χ0) is 26.1. The van der Waals surface area contributed by atoms with E-state index in [0.29, 0.717) is 5.95 Å². The second-order valence-electron chi connectivity index (χ2n) is 9.21. The zero-order valence-electron chi connectivity index (χ0n) is 23.6. The van der Waals surface area contributed by atoms with Gasteiger partial charge in [-0.05, 0) is 49.6 Å². The maximum Gasteiger partial charge on any atom is 0.252 e. The summed E-state index contributed by atoms with van der Waals surface area (Å²) in [4.78, 5) is 14.6. The largest absolute Gasteiger partial charge is 0.298 e. The maximum absolute atomic E-state index is 4.93. The van der Waals surface area contributed by atoms with E-state index < -0.39 is 0 Å². The van der Waals surface area contributed by atoms with Crippen LogP contribution in [0.5, 0.6) is 0 Å². The van der Waals surface area contributed by atoms with Crippen LogP contribution in [-0.4, -0.2) is 38.0 Å². The Morgan fingerprint density at radius 3 is 1.58 bits per heavy atom. The summed E-state index contributed by atoms with van der Waals surface area (Å²) in [5, 5.41) is 0.855. The average Bonchev–Trinajstić information content (AvgIpc) is 2.89. The highest BCUT2D eigenvalue weighted by atomic mass is 32.2. The van der Waals surface area contributed by atoms with Crippen LogP contribution in [0.15, 0.2) is 5.16 Å². The summed E-state index contributed by atoms with van der Waals surface area (Å²) >= 11 is 7.27. The monoisotopic (exact) mass is 575 g/mol. The fraction of sp³-hybridized carbons (Fsp3) is 0.889. The van der Waals surface area contributed by atoms with Crippen molar-refractivity contribution in [2.24, 2.45) is 0 Å². The van der Waals surface area contributed by atoms with Gasteiger partial charge in [0.15, 0.2) is 5.16 Å². The van der Waals surface area contributed by atoms with Gasteiger partial charge in [0.05, 0.1) is 0 Å². The Balaban J connectivity index is 2.85. The molecular formula is C27H53N5S4. The minimum Gasteiger partial charge on any atom is -0.298 e. The van der Waals surface area contributed by atoms with E-state index in [9.17, 15) is 0 Å². The molecule has 1 heterocycles. The van der Waals surface area contributed by atoms with Crippen LogP contribution >= 0.6 is 47.6 Å². The molecule has 210 valence electrons. The Bertz CT molecular complexity index is 610. The molecule has 9 heteroatoms. The van der Waals surface area contributed by atoms with Crippen LogP contribution in [0.25, 0.3) is 0 Å². The van der Waals surface area contributed by atoms with E-state index in [1.165, 1.54) is 103 Å². The van der Waals surface area contributed by atoms with Gasteiger partial charge in [-0.3, -0.25) is 4.72 Å². The highest BCUT2D eigenvalue weighted by Crippen LogP contribution is 2.32. The van der Waals surface area contributed by atoms with Crippen LogP contribution < -0.4 is 8.43 Å². The van der Waals surface area contributed by atoms with Crippen molar-refractivity contribution < 1.29 is 0 Å². The highest BCUT2D eigenvalue weighted by Gasteiger charge is 2.16. The van der Waals surface area contributed by atoms with Crippen LogP contribution in [0.4, 0.5) is 11.9 Å². The molecule has 0 amide bonds. The fourth-order valence-electron chi connectivity index (χ4n) is 3.45. The van der Waals surface area contributed by atoms with Crippen LogP contribution in [0.1, 0.15) is 130 Å². The molecule has 5 nitrogen and oxygen atoms in total. The first-order valence-electron chi connectivity index (χ1n) is 14.6. The van der Waals surface area contributed by atoms with Crippen molar-refractivity contribution in [3.63, 3.8) is 0 Å². The van der Waals surface area contributed by atoms with E-state index in [0.717, 1.165) is 34.1 Å². The van der Waals surface area contributed by atoms with E-state index in [4.69, 9.17) is 15.0 Å². The van der Waals surface area contributed by atoms with Crippen LogP contribution in [0, 0.1) is 0 Å². The van der Waals surface area contributed by atoms with Gasteiger partial charge in [0.2, 0.25) is 5.95 Å². The van der Waals surface area contributed by atoms with Crippen molar-refractivity contribution >= 4 is 59.5 Å². The molecule has 0 bridgehead atoms. The van der Waals surface area contributed by atoms with Gasteiger partial charge < -0.3 is 0 Å². The Hall–Kier alpha value is 0.01000. The molecule has 0 aliphatic rings. The van der Waals surface area contributed by atoms with E-state index >= 15 is 0 Å². The van der Waals surface area contributed by atoms with Crippen molar-refractivity contribution in [3.05, 3.63) is 0 Å². The van der Waals surface area contributed by atoms with Gasteiger partial charge in [0.25, 0.3) is 5.95 Å². The minimum absolute atomic E-state index is 0.708. The SMILES string of the molecule is CCCCCCSNc1nc(SCCCCCC)nc(N(SCCCCCC)SCCCCCC)n1. The zero-order valence-corrected chi connectivity index (χ0v) is 26.8. The molecular weight excluding hydrogens is 523 g/mol. The summed E-state index contributed by atoms with van der Waals surface area (Å²) in [5.41, 5.74) is 0. The minimum atomic E-state index is 0.708. The predicted octanol–water partition coefficient (Wildman–Crippen LogP) is 10.4. The molecule has 0 radical (unpaired) electrons. The van der Waals surface area contributed by atoms with Crippen molar-refractivity contribution in [2.45, 2.75) is 136 Å². The number of hydrogen-bond donors (Lipinski definition) is 1. The molecule has 1 aromatic heterocycles. The molecule has 0 saturated heterocycles. The van der Waals surface area contributed by atoms with Crippen molar-refractivity contribution in [1.29, 1.82) is 0 Å². The molecule has 0 saturated carbocycles. The first-order valence-corrected chi connectivity index (χ1v) is 18.4. The van der Waals surface area contributed by atoms with Gasteiger partial charge in [-0.2, -0.15) is 15.0 Å². The summed E-state index contributed by atoms with van der Waals surface area (Å²) < 4.78 is 5.71. The second-order valence-corrected chi connectivity index (χ2v) is 13.5. The number of aromatic nitrogens is 3. The number of rotatable bonds is 26. The molecule has 0 atom stereocenters. The van der Waals surface area contributed by atoms with Gasteiger partial charge in [-0.25, -0.2) is 3.71 Å². The standard InChI is InChI=1S/C27H53N5S4/c1-5-9-13-17-21-33-27-29-25(31-34-22-18-14-10-6-2)28-26(30-27)32(35-23-19-15-11-7-3)36-24-20-16-12-8-4/h5-24H2,1-4H3,(H,28,29,30,31). The third-order valence-electron chi connectivity index (χ3n) is 5.67. The van der Waals surface area contributed by atoms with Crippen LogP contribution in [0.2, 0.25) is 0 Å². The first kappa shape index (κ1) is 34.0. The van der Waals surface area contributed by atoms with Crippen molar-refractivity contribution in [3.8, 4) is 0 Å². The molecule has 0 aliphatic heterocycles. The Morgan fingerprint density at radius 1 is 0.556 bits per heavy atom. The highest BCUT2D eigenvalue weighted by molar-refractivity contribution is 8.18. The lowest BCUT2D eigenvalue weighted by Crippen LogP contribution is -2.13. The van der Waals surface area contributed by atoms with Crippen molar-refractivity contribution in [2.75, 3.05) is 31.4 Å². The molecule has 1 rings (SSSR count). The molecule has 0 aliphatic carbocycles. The number of unbranched alkanes of at least 4 members (excludes halogenated alkanes) is 12. The Kier molecular flexibility index (Phi) is 23.9. The smallest absolute Gasteiger partial charge is 0.252 e. The number of nitrogens with one attached hydrogen (secondary N) is 1.